The van der Waals surface area contributed by atoms with Crippen molar-refractivity contribution in [3.63, 3.8) is 0 Å². The summed E-state index contributed by atoms with van der Waals surface area (Å²) >= 11 is 0. The summed E-state index contributed by atoms with van der Waals surface area (Å²) in [5.41, 5.74) is 1.45. The van der Waals surface area contributed by atoms with Gasteiger partial charge in [-0.25, -0.2) is 4.98 Å². The number of carbonyl (C=O) groups excluding carboxylic acids is 1. The van der Waals surface area contributed by atoms with Crippen LogP contribution < -0.4 is 5.32 Å². The molecule has 2 heterocycles. The van der Waals surface area contributed by atoms with E-state index in [2.05, 4.69) is 17.2 Å². The number of aromatic nitrogens is 1. The highest BCUT2D eigenvalue weighted by Gasteiger charge is 2.23. The van der Waals surface area contributed by atoms with Gasteiger partial charge in [-0.3, -0.25) is 4.79 Å². The van der Waals surface area contributed by atoms with Gasteiger partial charge in [0, 0.05) is 19.6 Å². The number of nitrogens with zero attached hydrogens (tertiary/aromatic N) is 2. The first-order valence-corrected chi connectivity index (χ1v) is 6.81. The van der Waals surface area contributed by atoms with Crippen molar-refractivity contribution in [2.24, 2.45) is 0 Å². The van der Waals surface area contributed by atoms with Gasteiger partial charge in [0.2, 0.25) is 0 Å². The molecule has 0 bridgehead atoms. The third-order valence-electron chi connectivity index (χ3n) is 3.09. The lowest BCUT2D eigenvalue weighted by Crippen LogP contribution is -2.44. The first-order valence-electron chi connectivity index (χ1n) is 6.81. The van der Waals surface area contributed by atoms with Crippen molar-refractivity contribution in [2.45, 2.75) is 26.4 Å². The minimum absolute atomic E-state index is 0.0165. The molecule has 1 aliphatic heterocycles. The number of ether oxygens (including phenoxy) is 1. The fourth-order valence-electron chi connectivity index (χ4n) is 2.06. The van der Waals surface area contributed by atoms with Crippen molar-refractivity contribution < 1.29 is 9.53 Å². The normalized spacial score (nSPS) is 19.3. The van der Waals surface area contributed by atoms with Gasteiger partial charge in [-0.05, 0) is 25.5 Å². The Kier molecular flexibility index (Phi) is 4.74. The number of amides is 1. The maximum absolute atomic E-state index is 12.3. The van der Waals surface area contributed by atoms with Gasteiger partial charge >= 0.3 is 0 Å². The zero-order valence-corrected chi connectivity index (χ0v) is 11.6. The van der Waals surface area contributed by atoms with E-state index in [9.17, 15) is 4.79 Å². The van der Waals surface area contributed by atoms with Crippen LogP contribution in [0.1, 0.15) is 30.8 Å². The van der Waals surface area contributed by atoms with Crippen LogP contribution in [-0.2, 0) is 4.74 Å². The van der Waals surface area contributed by atoms with Crippen LogP contribution in [0.5, 0.6) is 0 Å². The molecule has 1 unspecified atom stereocenters. The Labute approximate surface area is 114 Å². The van der Waals surface area contributed by atoms with E-state index >= 15 is 0 Å². The summed E-state index contributed by atoms with van der Waals surface area (Å²) in [6, 6.07) is 3.68. The van der Waals surface area contributed by atoms with Crippen molar-refractivity contribution in [1.82, 2.24) is 9.88 Å². The van der Waals surface area contributed by atoms with E-state index in [1.165, 1.54) is 0 Å². The SMILES string of the molecule is CCCNc1ccc(C(=O)N2CCOC(C)C2)nc1. The van der Waals surface area contributed by atoms with Gasteiger partial charge in [0.1, 0.15) is 5.69 Å². The van der Waals surface area contributed by atoms with Crippen molar-refractivity contribution in [2.75, 3.05) is 31.6 Å². The van der Waals surface area contributed by atoms with E-state index in [0.717, 1.165) is 18.7 Å². The largest absolute Gasteiger partial charge is 0.384 e. The maximum Gasteiger partial charge on any atom is 0.272 e. The first kappa shape index (κ1) is 13.8. The van der Waals surface area contributed by atoms with Crippen LogP contribution in [0.15, 0.2) is 18.3 Å². The third kappa shape index (κ3) is 3.67. The summed E-state index contributed by atoms with van der Waals surface area (Å²) in [4.78, 5) is 18.3. The van der Waals surface area contributed by atoms with Crippen LogP contribution in [0.25, 0.3) is 0 Å². The van der Waals surface area contributed by atoms with Gasteiger partial charge in [-0.2, -0.15) is 0 Å². The Morgan fingerprint density at radius 2 is 2.42 bits per heavy atom. The number of morpholine rings is 1. The van der Waals surface area contributed by atoms with Crippen molar-refractivity contribution >= 4 is 11.6 Å². The quantitative estimate of drug-likeness (QED) is 0.899. The maximum atomic E-state index is 12.3. The molecule has 2 rings (SSSR count). The molecule has 1 aromatic rings. The van der Waals surface area contributed by atoms with Gasteiger partial charge in [0.25, 0.3) is 5.91 Å². The summed E-state index contributed by atoms with van der Waals surface area (Å²) in [7, 11) is 0. The van der Waals surface area contributed by atoms with Crippen molar-refractivity contribution in [3.8, 4) is 0 Å². The molecule has 104 valence electrons. The zero-order chi connectivity index (χ0) is 13.7. The molecule has 0 saturated carbocycles. The number of pyridine rings is 1. The molecule has 0 radical (unpaired) electrons. The smallest absolute Gasteiger partial charge is 0.272 e. The predicted molar refractivity (Wildman–Crippen MR) is 74.3 cm³/mol. The molecule has 19 heavy (non-hydrogen) atoms. The Balaban J connectivity index is 1.98. The summed E-state index contributed by atoms with van der Waals surface area (Å²) in [6.45, 7) is 6.87. The van der Waals surface area contributed by atoms with Gasteiger partial charge in [0.15, 0.2) is 0 Å². The first-order chi connectivity index (χ1) is 9.20. The molecular weight excluding hydrogens is 242 g/mol. The molecule has 1 atom stereocenters. The molecule has 1 amide bonds. The van der Waals surface area contributed by atoms with Crippen molar-refractivity contribution in [3.05, 3.63) is 24.0 Å². The highest BCUT2D eigenvalue weighted by atomic mass is 16.5. The van der Waals surface area contributed by atoms with Crippen LogP contribution in [-0.4, -0.2) is 48.1 Å². The molecule has 1 N–H and O–H groups in total. The van der Waals surface area contributed by atoms with Gasteiger partial charge in [-0.1, -0.05) is 6.92 Å². The number of anilines is 1. The molecule has 0 aromatic carbocycles. The van der Waals surface area contributed by atoms with Crippen LogP contribution in [0.4, 0.5) is 5.69 Å². The molecule has 5 nitrogen and oxygen atoms in total. The minimum Gasteiger partial charge on any atom is -0.384 e. The zero-order valence-electron chi connectivity index (χ0n) is 11.6. The average Bonchev–Trinajstić information content (AvgIpc) is 2.45. The Hall–Kier alpha value is -1.62. The molecule has 1 saturated heterocycles. The van der Waals surface area contributed by atoms with E-state index in [-0.39, 0.29) is 12.0 Å². The molecule has 0 aliphatic carbocycles. The Morgan fingerprint density at radius 3 is 3.05 bits per heavy atom. The highest BCUT2D eigenvalue weighted by molar-refractivity contribution is 5.92. The highest BCUT2D eigenvalue weighted by Crippen LogP contribution is 2.11. The third-order valence-corrected chi connectivity index (χ3v) is 3.09. The van der Waals surface area contributed by atoms with Gasteiger partial charge in [-0.15, -0.1) is 0 Å². The van der Waals surface area contributed by atoms with E-state index < -0.39 is 0 Å². The number of hydrogen-bond acceptors (Lipinski definition) is 4. The summed E-state index contributed by atoms with van der Waals surface area (Å²) in [5, 5.41) is 3.24. The Morgan fingerprint density at radius 1 is 1.58 bits per heavy atom. The number of hydrogen-bond donors (Lipinski definition) is 1. The van der Waals surface area contributed by atoms with E-state index in [4.69, 9.17) is 4.74 Å². The Bertz CT molecular complexity index is 419. The van der Waals surface area contributed by atoms with E-state index in [1.807, 2.05) is 13.0 Å². The van der Waals surface area contributed by atoms with Gasteiger partial charge in [0.05, 0.1) is 24.6 Å². The monoisotopic (exact) mass is 263 g/mol. The number of carbonyl (C=O) groups is 1. The van der Waals surface area contributed by atoms with Crippen LogP contribution >= 0.6 is 0 Å². The second-order valence-corrected chi connectivity index (χ2v) is 4.79. The fourth-order valence-corrected chi connectivity index (χ4v) is 2.06. The summed E-state index contributed by atoms with van der Waals surface area (Å²) in [6.07, 6.45) is 2.88. The standard InChI is InChI=1S/C14H21N3O2/c1-3-6-15-12-4-5-13(16-9-12)14(18)17-7-8-19-11(2)10-17/h4-5,9,11,15H,3,6-8,10H2,1-2H3. The van der Waals surface area contributed by atoms with Gasteiger partial charge < -0.3 is 15.0 Å². The minimum atomic E-state index is -0.0165. The second kappa shape index (κ2) is 6.52. The predicted octanol–water partition coefficient (Wildman–Crippen LogP) is 1.76. The lowest BCUT2D eigenvalue weighted by Gasteiger charge is -2.30. The molecule has 1 aliphatic rings. The molecule has 0 spiro atoms. The topological polar surface area (TPSA) is 54.5 Å². The molecule has 1 aromatic heterocycles. The summed E-state index contributed by atoms with van der Waals surface area (Å²) in [5.74, 6) is -0.0165. The number of nitrogens with one attached hydrogen (secondary N) is 1. The van der Waals surface area contributed by atoms with E-state index in [1.54, 1.807) is 17.2 Å². The van der Waals surface area contributed by atoms with Crippen LogP contribution in [0.2, 0.25) is 0 Å². The van der Waals surface area contributed by atoms with E-state index in [0.29, 0.717) is 25.4 Å². The fraction of sp³-hybridized carbons (Fsp3) is 0.571. The lowest BCUT2D eigenvalue weighted by molar-refractivity contribution is -0.0126. The lowest BCUT2D eigenvalue weighted by atomic mass is 10.2. The van der Waals surface area contributed by atoms with Crippen LogP contribution in [0, 0.1) is 0 Å². The average molecular weight is 263 g/mol. The molecule has 5 heteroatoms. The molecule has 1 fully saturated rings. The second-order valence-electron chi connectivity index (χ2n) is 4.79. The molecular formula is C14H21N3O2. The van der Waals surface area contributed by atoms with Crippen molar-refractivity contribution in [1.29, 1.82) is 0 Å². The number of rotatable bonds is 4. The van der Waals surface area contributed by atoms with Crippen LogP contribution in [0.3, 0.4) is 0 Å². The summed E-state index contributed by atoms with van der Waals surface area (Å²) < 4.78 is 5.43.